The molecule has 2 aromatic rings. The van der Waals surface area contributed by atoms with Crippen LogP contribution in [-0.4, -0.2) is 23.7 Å². The number of aryl methyl sites for hydroxylation is 1. The molecule has 0 saturated heterocycles. The molecule has 0 bridgehead atoms. The van der Waals surface area contributed by atoms with E-state index in [1.54, 1.807) is 30.8 Å². The summed E-state index contributed by atoms with van der Waals surface area (Å²) in [7, 11) is 0. The first kappa shape index (κ1) is 19.1. The lowest BCUT2D eigenvalue weighted by Gasteiger charge is -2.14. The van der Waals surface area contributed by atoms with Crippen molar-refractivity contribution in [1.29, 1.82) is 0 Å². The smallest absolute Gasteiger partial charge is 0.338 e. The first-order valence-electron chi connectivity index (χ1n) is 8.25. The van der Waals surface area contributed by atoms with Crippen LogP contribution in [0.1, 0.15) is 35.3 Å². The molecular weight excluding hydrogens is 334 g/mol. The van der Waals surface area contributed by atoms with Crippen molar-refractivity contribution in [3.8, 4) is 0 Å². The molecule has 0 unspecified atom stereocenters. The van der Waals surface area contributed by atoms with Gasteiger partial charge in [-0.3, -0.25) is 4.79 Å². The maximum Gasteiger partial charge on any atom is 0.338 e. The minimum Gasteiger partial charge on any atom is -0.462 e. The molecule has 4 nitrogen and oxygen atoms in total. The van der Waals surface area contributed by atoms with Gasteiger partial charge in [0, 0.05) is 11.4 Å². The van der Waals surface area contributed by atoms with Crippen molar-refractivity contribution < 1.29 is 14.3 Å². The molecule has 0 spiro atoms. The molecule has 25 heavy (non-hydrogen) atoms. The molecule has 0 aliphatic heterocycles. The molecule has 0 aliphatic rings. The van der Waals surface area contributed by atoms with Crippen molar-refractivity contribution >= 4 is 29.3 Å². The summed E-state index contributed by atoms with van der Waals surface area (Å²) in [6.07, 6.45) is 0. The minimum absolute atomic E-state index is 0.0787. The number of ether oxygens (including phenoxy) is 1. The topological polar surface area (TPSA) is 55.4 Å². The van der Waals surface area contributed by atoms with Crippen LogP contribution >= 0.6 is 11.8 Å². The Labute approximate surface area is 153 Å². The van der Waals surface area contributed by atoms with Gasteiger partial charge in [0.1, 0.15) is 0 Å². The molecule has 0 saturated carbocycles. The fourth-order valence-electron chi connectivity index (χ4n) is 2.20. The van der Waals surface area contributed by atoms with Gasteiger partial charge in [-0.05, 0) is 44.0 Å². The Morgan fingerprint density at radius 2 is 1.88 bits per heavy atom. The van der Waals surface area contributed by atoms with Crippen molar-refractivity contribution in [1.82, 2.24) is 0 Å². The number of carbonyl (C=O) groups is 2. The number of hydrogen-bond donors (Lipinski definition) is 1. The maximum atomic E-state index is 12.4. The minimum atomic E-state index is -0.385. The van der Waals surface area contributed by atoms with Crippen LogP contribution in [0.15, 0.2) is 48.5 Å². The third-order valence-corrected chi connectivity index (χ3v) is 4.93. The van der Waals surface area contributed by atoms with Crippen LogP contribution < -0.4 is 5.32 Å². The Hall–Kier alpha value is -2.27. The number of benzene rings is 2. The molecule has 2 aromatic carbocycles. The van der Waals surface area contributed by atoms with Gasteiger partial charge in [-0.25, -0.2) is 4.79 Å². The lowest BCUT2D eigenvalue weighted by Crippen LogP contribution is -2.23. The van der Waals surface area contributed by atoms with E-state index in [0.717, 1.165) is 11.3 Å². The summed E-state index contributed by atoms with van der Waals surface area (Å²) in [5.41, 5.74) is 3.17. The molecule has 1 amide bonds. The standard InChI is InChI=1S/C20H23NO3S/c1-4-24-20(23)17-11-10-14(2)18(12-17)21-19(22)15(3)25-13-16-8-6-5-7-9-16/h5-12,15H,4,13H2,1-3H3,(H,21,22)/t15-/m1/s1. The Morgan fingerprint density at radius 1 is 1.16 bits per heavy atom. The van der Waals surface area contributed by atoms with Gasteiger partial charge in [0.2, 0.25) is 5.91 Å². The second kappa shape index (κ2) is 9.28. The average molecular weight is 357 g/mol. The highest BCUT2D eigenvalue weighted by Crippen LogP contribution is 2.22. The number of amides is 1. The van der Waals surface area contributed by atoms with E-state index in [0.29, 0.717) is 17.9 Å². The van der Waals surface area contributed by atoms with Gasteiger partial charge in [0.15, 0.2) is 0 Å². The number of carbonyl (C=O) groups excluding carboxylic acids is 2. The summed E-state index contributed by atoms with van der Waals surface area (Å²) in [4.78, 5) is 24.3. The van der Waals surface area contributed by atoms with Crippen LogP contribution in [-0.2, 0) is 15.3 Å². The summed E-state index contributed by atoms with van der Waals surface area (Å²) < 4.78 is 5.01. The largest absolute Gasteiger partial charge is 0.462 e. The number of hydrogen-bond acceptors (Lipinski definition) is 4. The Morgan fingerprint density at radius 3 is 2.56 bits per heavy atom. The number of rotatable bonds is 7. The van der Waals surface area contributed by atoms with Crippen LogP contribution in [0, 0.1) is 6.92 Å². The predicted octanol–water partition coefficient (Wildman–Crippen LogP) is 4.43. The zero-order valence-electron chi connectivity index (χ0n) is 14.7. The fourth-order valence-corrected chi connectivity index (χ4v) is 3.05. The highest BCUT2D eigenvalue weighted by atomic mass is 32.2. The molecule has 0 radical (unpaired) electrons. The predicted molar refractivity (Wildman–Crippen MR) is 103 cm³/mol. The number of nitrogens with one attached hydrogen (secondary N) is 1. The number of anilines is 1. The summed E-state index contributed by atoms with van der Waals surface area (Å²) >= 11 is 1.58. The highest BCUT2D eigenvalue weighted by molar-refractivity contribution is 7.99. The van der Waals surface area contributed by atoms with Crippen molar-refractivity contribution in [3.05, 3.63) is 65.2 Å². The first-order valence-corrected chi connectivity index (χ1v) is 9.30. The number of thioether (sulfide) groups is 1. The summed E-state index contributed by atoms with van der Waals surface area (Å²) in [6.45, 7) is 5.86. The summed E-state index contributed by atoms with van der Waals surface area (Å²) in [5, 5.41) is 2.71. The van der Waals surface area contributed by atoms with E-state index in [1.165, 1.54) is 5.56 Å². The van der Waals surface area contributed by atoms with Crippen LogP contribution in [0.5, 0.6) is 0 Å². The molecule has 0 fully saturated rings. The van der Waals surface area contributed by atoms with Crippen molar-refractivity contribution in [2.24, 2.45) is 0 Å². The van der Waals surface area contributed by atoms with E-state index in [-0.39, 0.29) is 17.1 Å². The van der Waals surface area contributed by atoms with Crippen molar-refractivity contribution in [2.75, 3.05) is 11.9 Å². The van der Waals surface area contributed by atoms with Gasteiger partial charge >= 0.3 is 5.97 Å². The third kappa shape index (κ3) is 5.64. The lowest BCUT2D eigenvalue weighted by molar-refractivity contribution is -0.115. The Balaban J connectivity index is 1.99. The lowest BCUT2D eigenvalue weighted by atomic mass is 10.1. The van der Waals surface area contributed by atoms with Crippen LogP contribution in [0.3, 0.4) is 0 Å². The van der Waals surface area contributed by atoms with Crippen LogP contribution in [0.2, 0.25) is 0 Å². The van der Waals surface area contributed by atoms with E-state index in [2.05, 4.69) is 5.32 Å². The molecule has 0 aromatic heterocycles. The third-order valence-electron chi connectivity index (χ3n) is 3.72. The molecule has 5 heteroatoms. The second-order valence-electron chi connectivity index (χ2n) is 5.68. The Kier molecular flexibility index (Phi) is 7.07. The van der Waals surface area contributed by atoms with Crippen LogP contribution in [0.25, 0.3) is 0 Å². The molecule has 1 N–H and O–H groups in total. The summed E-state index contributed by atoms with van der Waals surface area (Å²) in [6, 6.07) is 15.2. The number of esters is 1. The Bertz CT molecular complexity index is 731. The van der Waals surface area contributed by atoms with Gasteiger partial charge in [0.05, 0.1) is 17.4 Å². The van der Waals surface area contributed by atoms with Gasteiger partial charge in [-0.15, -0.1) is 11.8 Å². The normalized spacial score (nSPS) is 11.6. The van der Waals surface area contributed by atoms with E-state index in [9.17, 15) is 9.59 Å². The molecule has 1 atom stereocenters. The van der Waals surface area contributed by atoms with Crippen molar-refractivity contribution in [2.45, 2.75) is 31.8 Å². The summed E-state index contributed by atoms with van der Waals surface area (Å²) in [5.74, 6) is 0.312. The molecular formula is C20H23NO3S. The van der Waals surface area contributed by atoms with E-state index < -0.39 is 0 Å². The molecule has 132 valence electrons. The zero-order chi connectivity index (χ0) is 18.2. The zero-order valence-corrected chi connectivity index (χ0v) is 15.6. The highest BCUT2D eigenvalue weighted by Gasteiger charge is 2.16. The second-order valence-corrected chi connectivity index (χ2v) is 7.01. The van der Waals surface area contributed by atoms with E-state index >= 15 is 0 Å². The average Bonchev–Trinajstić information content (AvgIpc) is 2.62. The van der Waals surface area contributed by atoms with Crippen molar-refractivity contribution in [3.63, 3.8) is 0 Å². The van der Waals surface area contributed by atoms with E-state index in [1.807, 2.05) is 50.2 Å². The molecule has 0 aliphatic carbocycles. The SMILES string of the molecule is CCOC(=O)c1ccc(C)c(NC(=O)[C@@H](C)SCc2ccccc2)c1. The fraction of sp³-hybridized carbons (Fsp3) is 0.300. The van der Waals surface area contributed by atoms with E-state index in [4.69, 9.17) is 4.74 Å². The monoisotopic (exact) mass is 357 g/mol. The van der Waals surface area contributed by atoms with Gasteiger partial charge in [-0.2, -0.15) is 0 Å². The van der Waals surface area contributed by atoms with Gasteiger partial charge < -0.3 is 10.1 Å². The van der Waals surface area contributed by atoms with Crippen LogP contribution in [0.4, 0.5) is 5.69 Å². The first-order chi connectivity index (χ1) is 12.0. The molecule has 2 rings (SSSR count). The van der Waals surface area contributed by atoms with Gasteiger partial charge in [-0.1, -0.05) is 36.4 Å². The molecule has 0 heterocycles. The maximum absolute atomic E-state index is 12.4. The van der Waals surface area contributed by atoms with Gasteiger partial charge in [0.25, 0.3) is 0 Å². The quantitative estimate of drug-likeness (QED) is 0.745.